The summed E-state index contributed by atoms with van der Waals surface area (Å²) in [6.07, 6.45) is 1.90. The summed E-state index contributed by atoms with van der Waals surface area (Å²) in [5, 5.41) is 0. The second-order valence-corrected chi connectivity index (χ2v) is 3.43. The van der Waals surface area contributed by atoms with Crippen LogP contribution in [0.4, 0.5) is 5.82 Å². The van der Waals surface area contributed by atoms with Gasteiger partial charge in [-0.2, -0.15) is 0 Å². The zero-order valence-corrected chi connectivity index (χ0v) is 8.03. The average molecular weight is 254 g/mol. The Morgan fingerprint density at radius 3 is 2.22 bits per heavy atom. The van der Waals surface area contributed by atoms with Crippen molar-refractivity contribution in [3.63, 3.8) is 0 Å². The molecule has 4 heteroatoms. The van der Waals surface area contributed by atoms with Crippen LogP contribution in [-0.4, -0.2) is 4.57 Å². The van der Waals surface area contributed by atoms with Gasteiger partial charge in [0, 0.05) is 13.2 Å². The molecule has 0 atom stereocenters. The number of nitrogen functional groups attached to an aromatic ring is 1. The minimum atomic E-state index is 0.738. The third kappa shape index (κ3) is 1.14. The number of rotatable bonds is 0. The van der Waals surface area contributed by atoms with Crippen molar-refractivity contribution >= 4 is 37.7 Å². The van der Waals surface area contributed by atoms with Gasteiger partial charge in [0.1, 0.15) is 5.82 Å². The second kappa shape index (κ2) is 2.34. The minimum absolute atomic E-state index is 0.738. The Hall–Kier alpha value is 0.0400. The first kappa shape index (κ1) is 7.15. The normalized spacial score (nSPS) is 10.1. The molecule has 2 nitrogen and oxygen atoms in total. The van der Waals surface area contributed by atoms with Gasteiger partial charge in [-0.05, 0) is 31.9 Å². The summed E-state index contributed by atoms with van der Waals surface area (Å²) >= 11 is 6.63. The van der Waals surface area contributed by atoms with Crippen molar-refractivity contribution < 1.29 is 0 Å². The number of aromatic nitrogens is 1. The lowest BCUT2D eigenvalue weighted by Crippen LogP contribution is -1.93. The van der Waals surface area contributed by atoms with Crippen LogP contribution in [0.1, 0.15) is 0 Å². The number of hydrogen-bond acceptors (Lipinski definition) is 1. The Kier molecular flexibility index (Phi) is 1.86. The Labute approximate surface area is 70.3 Å². The minimum Gasteiger partial charge on any atom is -0.384 e. The topological polar surface area (TPSA) is 30.9 Å². The first-order chi connectivity index (χ1) is 4.13. The van der Waals surface area contributed by atoms with Gasteiger partial charge in [0.05, 0.1) is 8.95 Å². The zero-order chi connectivity index (χ0) is 7.02. The summed E-state index contributed by atoms with van der Waals surface area (Å²) in [7, 11) is 1.89. The van der Waals surface area contributed by atoms with Gasteiger partial charge in [0.2, 0.25) is 0 Å². The number of nitrogens with two attached hydrogens (primary N) is 1. The average Bonchev–Trinajstić information content (AvgIpc) is 1.98. The SMILES string of the molecule is Cn1cc(Br)c(Br)c1N. The molecule has 0 saturated carbocycles. The number of nitrogens with zero attached hydrogens (tertiary/aromatic N) is 1. The molecule has 50 valence electrons. The van der Waals surface area contributed by atoms with E-state index in [1.807, 2.05) is 17.8 Å². The summed E-state index contributed by atoms with van der Waals surface area (Å²) in [6, 6.07) is 0. The van der Waals surface area contributed by atoms with Gasteiger partial charge in [0.15, 0.2) is 0 Å². The first-order valence-corrected chi connectivity index (χ1v) is 3.97. The molecule has 0 spiro atoms. The van der Waals surface area contributed by atoms with E-state index in [2.05, 4.69) is 31.9 Å². The van der Waals surface area contributed by atoms with Crippen LogP contribution in [0.3, 0.4) is 0 Å². The zero-order valence-electron chi connectivity index (χ0n) is 4.86. The lowest BCUT2D eigenvalue weighted by atomic mass is 10.6. The highest BCUT2D eigenvalue weighted by molar-refractivity contribution is 9.13. The fraction of sp³-hybridized carbons (Fsp3) is 0.200. The maximum absolute atomic E-state index is 5.59. The van der Waals surface area contributed by atoms with Crippen LogP contribution in [0.25, 0.3) is 0 Å². The van der Waals surface area contributed by atoms with Crippen LogP contribution in [-0.2, 0) is 7.05 Å². The third-order valence-electron chi connectivity index (χ3n) is 1.12. The van der Waals surface area contributed by atoms with Gasteiger partial charge in [-0.3, -0.25) is 0 Å². The van der Waals surface area contributed by atoms with Crippen molar-refractivity contribution in [2.75, 3.05) is 5.73 Å². The maximum atomic E-state index is 5.59. The maximum Gasteiger partial charge on any atom is 0.118 e. The molecule has 1 rings (SSSR count). The predicted octanol–water partition coefficient (Wildman–Crippen LogP) is 2.13. The molecule has 2 N–H and O–H groups in total. The molecule has 0 fully saturated rings. The van der Waals surface area contributed by atoms with Crippen LogP contribution >= 0.6 is 31.9 Å². The highest BCUT2D eigenvalue weighted by Gasteiger charge is 2.04. The molecule has 0 aromatic carbocycles. The highest BCUT2D eigenvalue weighted by Crippen LogP contribution is 2.29. The molecule has 0 amide bonds. The van der Waals surface area contributed by atoms with Crippen molar-refractivity contribution in [3.05, 3.63) is 15.1 Å². The van der Waals surface area contributed by atoms with Crippen molar-refractivity contribution in [1.29, 1.82) is 0 Å². The van der Waals surface area contributed by atoms with Crippen LogP contribution in [0.5, 0.6) is 0 Å². The fourth-order valence-electron chi connectivity index (χ4n) is 0.573. The molecule has 0 radical (unpaired) electrons. The van der Waals surface area contributed by atoms with Crippen molar-refractivity contribution in [2.24, 2.45) is 7.05 Å². The second-order valence-electron chi connectivity index (χ2n) is 1.79. The summed E-state index contributed by atoms with van der Waals surface area (Å²) in [6.45, 7) is 0. The Balaban J connectivity index is 3.29. The Morgan fingerprint density at radius 1 is 1.56 bits per heavy atom. The van der Waals surface area contributed by atoms with E-state index in [1.54, 1.807) is 0 Å². The van der Waals surface area contributed by atoms with Crippen molar-refractivity contribution in [1.82, 2.24) is 4.57 Å². The van der Waals surface area contributed by atoms with Gasteiger partial charge in [0.25, 0.3) is 0 Å². The van der Waals surface area contributed by atoms with Crippen LogP contribution in [0, 0.1) is 0 Å². The van der Waals surface area contributed by atoms with Gasteiger partial charge in [-0.25, -0.2) is 0 Å². The standard InChI is InChI=1S/C5H6Br2N2/c1-9-2-3(6)4(7)5(9)8/h2H,8H2,1H3. The Morgan fingerprint density at radius 2 is 2.11 bits per heavy atom. The van der Waals surface area contributed by atoms with E-state index in [0.717, 1.165) is 14.8 Å². The van der Waals surface area contributed by atoms with Gasteiger partial charge in [-0.15, -0.1) is 0 Å². The van der Waals surface area contributed by atoms with E-state index in [-0.39, 0.29) is 0 Å². The van der Waals surface area contributed by atoms with E-state index < -0.39 is 0 Å². The number of anilines is 1. The summed E-state index contributed by atoms with van der Waals surface area (Å²) in [5.74, 6) is 0.738. The molecule has 0 aliphatic heterocycles. The van der Waals surface area contributed by atoms with E-state index in [9.17, 15) is 0 Å². The first-order valence-electron chi connectivity index (χ1n) is 2.38. The molecule has 1 aromatic heterocycles. The van der Waals surface area contributed by atoms with Crippen LogP contribution < -0.4 is 5.73 Å². The van der Waals surface area contributed by atoms with Crippen LogP contribution in [0.2, 0.25) is 0 Å². The van der Waals surface area contributed by atoms with E-state index >= 15 is 0 Å². The van der Waals surface area contributed by atoms with E-state index in [1.165, 1.54) is 0 Å². The smallest absolute Gasteiger partial charge is 0.118 e. The predicted molar refractivity (Wildman–Crippen MR) is 45.2 cm³/mol. The van der Waals surface area contributed by atoms with Gasteiger partial charge in [-0.1, -0.05) is 0 Å². The van der Waals surface area contributed by atoms with E-state index in [0.29, 0.717) is 0 Å². The summed E-state index contributed by atoms with van der Waals surface area (Å²) in [4.78, 5) is 0. The number of halogens is 2. The van der Waals surface area contributed by atoms with Gasteiger partial charge >= 0.3 is 0 Å². The van der Waals surface area contributed by atoms with E-state index in [4.69, 9.17) is 5.73 Å². The molecule has 9 heavy (non-hydrogen) atoms. The lowest BCUT2D eigenvalue weighted by molar-refractivity contribution is 0.938. The monoisotopic (exact) mass is 252 g/mol. The van der Waals surface area contributed by atoms with Crippen molar-refractivity contribution in [3.8, 4) is 0 Å². The lowest BCUT2D eigenvalue weighted by Gasteiger charge is -1.92. The van der Waals surface area contributed by atoms with Crippen LogP contribution in [0.15, 0.2) is 15.1 Å². The molecule has 0 unspecified atom stereocenters. The quantitative estimate of drug-likeness (QED) is 0.755. The Bertz CT molecular complexity index is 207. The fourth-order valence-corrected chi connectivity index (χ4v) is 1.47. The molecule has 0 aliphatic carbocycles. The largest absolute Gasteiger partial charge is 0.384 e. The highest BCUT2D eigenvalue weighted by atomic mass is 79.9. The number of hydrogen-bond donors (Lipinski definition) is 1. The summed E-state index contributed by atoms with van der Waals surface area (Å²) in [5.41, 5.74) is 5.59. The molecule has 1 heterocycles. The molecule has 1 aromatic rings. The third-order valence-corrected chi connectivity index (χ3v) is 3.09. The van der Waals surface area contributed by atoms with Crippen molar-refractivity contribution in [2.45, 2.75) is 0 Å². The number of aryl methyl sites for hydroxylation is 1. The molecular formula is C5H6Br2N2. The molecule has 0 saturated heterocycles. The molecule has 0 bridgehead atoms. The summed E-state index contributed by atoms with van der Waals surface area (Å²) < 4.78 is 3.75. The molecule has 0 aliphatic rings. The van der Waals surface area contributed by atoms with Gasteiger partial charge < -0.3 is 10.3 Å². The molecular weight excluding hydrogens is 248 g/mol.